The third-order valence-electron chi connectivity index (χ3n) is 5.68. The maximum absolute atomic E-state index is 10.1. The van der Waals surface area contributed by atoms with Gasteiger partial charge in [0.2, 0.25) is 0 Å². The van der Waals surface area contributed by atoms with Crippen LogP contribution in [0, 0.1) is 0 Å². The van der Waals surface area contributed by atoms with Crippen molar-refractivity contribution < 1.29 is 34.6 Å². The van der Waals surface area contributed by atoms with E-state index in [1.165, 1.54) is 10.8 Å². The van der Waals surface area contributed by atoms with E-state index in [-0.39, 0.29) is 0 Å². The summed E-state index contributed by atoms with van der Waals surface area (Å²) >= 11 is 0. The Morgan fingerprint density at radius 2 is 1.45 bits per heavy atom. The van der Waals surface area contributed by atoms with E-state index in [2.05, 4.69) is 24.3 Å². The molecule has 1 fully saturated rings. The van der Waals surface area contributed by atoms with Gasteiger partial charge in [-0.15, -0.1) is 0 Å². The molecular formula is C24H34O7. The van der Waals surface area contributed by atoms with E-state index in [4.69, 9.17) is 14.2 Å². The first kappa shape index (κ1) is 23.9. The van der Waals surface area contributed by atoms with Crippen LogP contribution in [0.15, 0.2) is 42.5 Å². The van der Waals surface area contributed by atoms with Crippen molar-refractivity contribution in [3.63, 3.8) is 0 Å². The third-order valence-corrected chi connectivity index (χ3v) is 5.68. The Kier molecular flexibility index (Phi) is 9.52. The van der Waals surface area contributed by atoms with Crippen molar-refractivity contribution in [2.24, 2.45) is 0 Å². The van der Waals surface area contributed by atoms with Gasteiger partial charge in [-0.2, -0.15) is 0 Å². The summed E-state index contributed by atoms with van der Waals surface area (Å²) in [6.07, 6.45) is 0.147. The monoisotopic (exact) mass is 434 g/mol. The fourth-order valence-corrected chi connectivity index (χ4v) is 3.84. The average Bonchev–Trinajstić information content (AvgIpc) is 2.79. The van der Waals surface area contributed by atoms with Crippen molar-refractivity contribution in [1.82, 2.24) is 0 Å². The molecule has 2 aromatic rings. The van der Waals surface area contributed by atoms with Crippen molar-refractivity contribution in [3.05, 3.63) is 42.5 Å². The van der Waals surface area contributed by atoms with Gasteiger partial charge >= 0.3 is 0 Å². The number of benzene rings is 2. The summed E-state index contributed by atoms with van der Waals surface area (Å²) in [6.45, 7) is 0.624. The Balaban J connectivity index is 1.22. The van der Waals surface area contributed by atoms with Crippen LogP contribution in [-0.2, 0) is 9.47 Å². The van der Waals surface area contributed by atoms with Gasteiger partial charge in [-0.1, -0.05) is 56.0 Å². The number of aliphatic hydroxyl groups is 4. The second kappa shape index (κ2) is 12.3. The molecule has 5 atom stereocenters. The predicted octanol–water partition coefficient (Wildman–Crippen LogP) is 2.38. The van der Waals surface area contributed by atoms with Gasteiger partial charge in [-0.05, 0) is 35.7 Å². The highest BCUT2D eigenvalue weighted by atomic mass is 16.6. The Hall–Kier alpha value is -1.74. The number of rotatable bonds is 12. The molecular weight excluding hydrogens is 400 g/mol. The summed E-state index contributed by atoms with van der Waals surface area (Å²) in [4.78, 5) is 0. The van der Waals surface area contributed by atoms with Crippen LogP contribution in [0.5, 0.6) is 5.75 Å². The van der Waals surface area contributed by atoms with Crippen LogP contribution in [0.1, 0.15) is 38.5 Å². The van der Waals surface area contributed by atoms with Crippen LogP contribution in [0.3, 0.4) is 0 Å². The Bertz CT molecular complexity index is 783. The van der Waals surface area contributed by atoms with Crippen molar-refractivity contribution in [1.29, 1.82) is 0 Å². The van der Waals surface area contributed by atoms with Gasteiger partial charge in [0.1, 0.15) is 30.2 Å². The highest BCUT2D eigenvalue weighted by Gasteiger charge is 2.44. The summed E-state index contributed by atoms with van der Waals surface area (Å²) in [5, 5.41) is 41.2. The Morgan fingerprint density at radius 3 is 2.19 bits per heavy atom. The molecule has 1 saturated heterocycles. The fraction of sp³-hybridized carbons (Fsp3) is 0.583. The van der Waals surface area contributed by atoms with Crippen LogP contribution >= 0.6 is 0 Å². The summed E-state index contributed by atoms with van der Waals surface area (Å²) in [5.74, 6) is 0.905. The molecule has 1 unspecified atom stereocenters. The molecule has 0 amide bonds. The van der Waals surface area contributed by atoms with E-state index in [1.807, 2.05) is 18.2 Å². The van der Waals surface area contributed by atoms with E-state index in [1.54, 1.807) is 0 Å². The smallest absolute Gasteiger partial charge is 0.184 e. The van der Waals surface area contributed by atoms with Gasteiger partial charge in [-0.25, -0.2) is 0 Å². The molecule has 3 rings (SSSR count). The van der Waals surface area contributed by atoms with E-state index in [0.29, 0.717) is 13.2 Å². The minimum Gasteiger partial charge on any atom is -0.494 e. The molecule has 0 spiro atoms. The molecule has 0 radical (unpaired) electrons. The summed E-state index contributed by atoms with van der Waals surface area (Å²) in [6, 6.07) is 14.4. The zero-order valence-electron chi connectivity index (χ0n) is 17.8. The molecule has 0 saturated carbocycles. The minimum absolute atomic E-state index is 0.370. The minimum atomic E-state index is -1.47. The number of unbranched alkanes of at least 4 members (excludes halogenated alkanes) is 5. The second-order valence-corrected chi connectivity index (χ2v) is 8.04. The van der Waals surface area contributed by atoms with E-state index >= 15 is 0 Å². The van der Waals surface area contributed by atoms with E-state index in [9.17, 15) is 20.4 Å². The van der Waals surface area contributed by atoms with Gasteiger partial charge in [0, 0.05) is 6.61 Å². The molecule has 1 heterocycles. The first-order valence-corrected chi connectivity index (χ1v) is 11.1. The zero-order chi connectivity index (χ0) is 22.1. The highest BCUT2D eigenvalue weighted by molar-refractivity contribution is 5.83. The molecule has 7 heteroatoms. The maximum Gasteiger partial charge on any atom is 0.184 e. The lowest BCUT2D eigenvalue weighted by molar-refractivity contribution is -0.294. The lowest BCUT2D eigenvalue weighted by atomic mass is 9.99. The molecule has 172 valence electrons. The van der Waals surface area contributed by atoms with Crippen LogP contribution in [0.4, 0.5) is 0 Å². The quantitative estimate of drug-likeness (QED) is 0.380. The molecule has 1 aliphatic rings. The normalized spacial score (nSPS) is 26.3. The number of fused-ring (bicyclic) bond motifs is 1. The van der Waals surface area contributed by atoms with Crippen molar-refractivity contribution in [2.45, 2.75) is 69.2 Å². The van der Waals surface area contributed by atoms with Crippen molar-refractivity contribution in [3.8, 4) is 5.75 Å². The van der Waals surface area contributed by atoms with E-state index < -0.39 is 37.3 Å². The second-order valence-electron chi connectivity index (χ2n) is 8.04. The number of aliphatic hydroxyl groups excluding tert-OH is 4. The summed E-state index contributed by atoms with van der Waals surface area (Å²) in [7, 11) is 0. The number of hydrogen-bond donors (Lipinski definition) is 4. The zero-order valence-corrected chi connectivity index (χ0v) is 17.8. The average molecular weight is 435 g/mol. The molecule has 0 aromatic heterocycles. The SMILES string of the molecule is OC[C@H]1OC(O)[C@H](O)[C@@H](OCCCCCCCCOc2ccc3ccccc3c2)[C@@H]1O. The molecule has 7 nitrogen and oxygen atoms in total. The largest absolute Gasteiger partial charge is 0.494 e. The lowest BCUT2D eigenvalue weighted by Crippen LogP contribution is -2.59. The highest BCUT2D eigenvalue weighted by Crippen LogP contribution is 2.23. The summed E-state index contributed by atoms with van der Waals surface area (Å²) in [5.41, 5.74) is 0. The Labute approximate surface area is 183 Å². The molecule has 2 aromatic carbocycles. The number of hydrogen-bond acceptors (Lipinski definition) is 7. The van der Waals surface area contributed by atoms with Crippen LogP contribution in [0.2, 0.25) is 0 Å². The standard InChI is InChI=1S/C24H34O7/c25-16-20-21(26)23(22(27)24(28)31-20)30-14-8-4-2-1-3-7-13-29-19-12-11-17-9-5-6-10-18(17)15-19/h5-6,9-12,15,20-28H,1-4,7-8,13-14,16H2/t20-,21-,22-,23+,24?/m1/s1. The van der Waals surface area contributed by atoms with Crippen molar-refractivity contribution >= 4 is 10.8 Å². The van der Waals surface area contributed by atoms with Crippen LogP contribution in [0.25, 0.3) is 10.8 Å². The van der Waals surface area contributed by atoms with Gasteiger partial charge in [0.05, 0.1) is 13.2 Å². The first-order chi connectivity index (χ1) is 15.1. The van der Waals surface area contributed by atoms with Crippen LogP contribution in [-0.4, -0.2) is 71.0 Å². The van der Waals surface area contributed by atoms with Crippen LogP contribution < -0.4 is 4.74 Å². The lowest BCUT2D eigenvalue weighted by Gasteiger charge is -2.39. The van der Waals surface area contributed by atoms with Gasteiger partial charge < -0.3 is 34.6 Å². The topological polar surface area (TPSA) is 109 Å². The fourth-order valence-electron chi connectivity index (χ4n) is 3.84. The third kappa shape index (κ3) is 6.87. The predicted molar refractivity (Wildman–Crippen MR) is 117 cm³/mol. The van der Waals surface area contributed by atoms with Crippen molar-refractivity contribution in [2.75, 3.05) is 19.8 Å². The maximum atomic E-state index is 10.1. The molecule has 1 aliphatic heterocycles. The first-order valence-electron chi connectivity index (χ1n) is 11.1. The molecule has 0 aliphatic carbocycles. The number of ether oxygens (including phenoxy) is 3. The van der Waals surface area contributed by atoms with Gasteiger partial charge in [-0.3, -0.25) is 0 Å². The van der Waals surface area contributed by atoms with E-state index in [0.717, 1.165) is 44.3 Å². The van der Waals surface area contributed by atoms with Gasteiger partial charge in [0.25, 0.3) is 0 Å². The summed E-state index contributed by atoms with van der Waals surface area (Å²) < 4.78 is 16.4. The molecule has 0 bridgehead atoms. The van der Waals surface area contributed by atoms with Gasteiger partial charge in [0.15, 0.2) is 6.29 Å². The molecule has 4 N–H and O–H groups in total. The Morgan fingerprint density at radius 1 is 0.774 bits per heavy atom. The molecule has 31 heavy (non-hydrogen) atoms.